The van der Waals surface area contributed by atoms with E-state index in [4.69, 9.17) is 4.99 Å². The van der Waals surface area contributed by atoms with Crippen LogP contribution >= 0.6 is 0 Å². The van der Waals surface area contributed by atoms with Gasteiger partial charge in [0.2, 0.25) is 11.6 Å². The van der Waals surface area contributed by atoms with Crippen molar-refractivity contribution in [3.05, 3.63) is 108 Å². The maximum Gasteiger partial charge on any atom is 0.256 e. The van der Waals surface area contributed by atoms with E-state index >= 15 is 0 Å². The summed E-state index contributed by atoms with van der Waals surface area (Å²) in [6.45, 7) is 2.71. The molecule has 6 aromatic rings. The maximum atomic E-state index is 14.3. The topological polar surface area (TPSA) is 142 Å². The normalized spacial score (nSPS) is 15.9. The fourth-order valence-corrected chi connectivity index (χ4v) is 7.59. The Morgan fingerprint density at radius 2 is 1.22 bits per heavy atom. The molecule has 3 heterocycles. The van der Waals surface area contributed by atoms with Crippen molar-refractivity contribution in [2.45, 2.75) is 64.0 Å². The summed E-state index contributed by atoms with van der Waals surface area (Å²) in [5, 5.41) is 29.4. The summed E-state index contributed by atoms with van der Waals surface area (Å²) in [6, 6.07) is 33.3. The van der Waals surface area contributed by atoms with Crippen molar-refractivity contribution in [3.63, 3.8) is 0 Å². The predicted molar refractivity (Wildman–Crippen MR) is 191 cm³/mol. The Morgan fingerprint density at radius 3 is 1.72 bits per heavy atom. The molecule has 1 saturated carbocycles. The van der Waals surface area contributed by atoms with E-state index in [2.05, 4.69) is 109 Å². The summed E-state index contributed by atoms with van der Waals surface area (Å²) in [7, 11) is 0. The second kappa shape index (κ2) is 13.6. The van der Waals surface area contributed by atoms with Crippen molar-refractivity contribution in [1.29, 1.82) is 0 Å². The molecule has 0 radical (unpaired) electrons. The number of hydrogen-bond acceptors (Lipinski definition) is 8. The molecule has 1 amide bonds. The number of H-pyrrole nitrogens is 2. The van der Waals surface area contributed by atoms with Crippen molar-refractivity contribution < 1.29 is 4.79 Å². The van der Waals surface area contributed by atoms with Crippen molar-refractivity contribution >= 4 is 11.7 Å². The fourth-order valence-electron chi connectivity index (χ4n) is 7.59. The van der Waals surface area contributed by atoms with Crippen LogP contribution in [0.25, 0.3) is 45.0 Å². The van der Waals surface area contributed by atoms with Crippen LogP contribution in [-0.4, -0.2) is 63.4 Å². The number of nitrogens with zero attached hydrogens (tertiary/aromatic N) is 8. The number of benzene rings is 4. The van der Waals surface area contributed by atoms with Crippen molar-refractivity contribution in [2.75, 3.05) is 0 Å². The second-order valence-electron chi connectivity index (χ2n) is 13.2. The highest BCUT2D eigenvalue weighted by molar-refractivity contribution is 6.09. The number of aromatic nitrogens is 8. The molecule has 2 aliphatic rings. The number of hydrogen-bond donors (Lipinski definition) is 2. The van der Waals surface area contributed by atoms with E-state index in [-0.39, 0.29) is 11.8 Å². The second-order valence-corrected chi connectivity index (χ2v) is 13.2. The standard InChI is InChI=1S/C39H38N10O/c1-2-9-30(24-26-14-18-28(19-15-26)31-10-3-5-12-33(31)35-41-45-46-42-35)37-40-39(22-7-8-23-39)38(50)49(37)25-27-16-20-29(21-17-27)32-11-4-6-13-34(32)36-43-47-48-44-36/h3-6,10-21,30H,2,7-9,22-25H2,1H3,(H,41,42,45,46)(H,43,44,47,48)/t30-/m0/s1. The van der Waals surface area contributed by atoms with E-state index < -0.39 is 5.54 Å². The average molecular weight is 663 g/mol. The first kappa shape index (κ1) is 31.4. The first-order valence-corrected chi connectivity index (χ1v) is 17.4. The van der Waals surface area contributed by atoms with Crippen LogP contribution in [0.3, 0.4) is 0 Å². The molecule has 4 aromatic carbocycles. The zero-order chi connectivity index (χ0) is 33.9. The molecule has 50 heavy (non-hydrogen) atoms. The number of nitrogens with one attached hydrogen (secondary N) is 2. The third-order valence-corrected chi connectivity index (χ3v) is 10.1. The molecule has 1 spiro atoms. The zero-order valence-corrected chi connectivity index (χ0v) is 28.0. The summed E-state index contributed by atoms with van der Waals surface area (Å²) in [4.78, 5) is 21.6. The minimum absolute atomic E-state index is 0.127. The molecule has 11 nitrogen and oxygen atoms in total. The molecule has 1 atom stereocenters. The van der Waals surface area contributed by atoms with Gasteiger partial charge in [-0.15, -0.1) is 20.4 Å². The zero-order valence-electron chi connectivity index (χ0n) is 28.0. The van der Waals surface area contributed by atoms with Crippen molar-refractivity contribution in [2.24, 2.45) is 10.9 Å². The first-order chi connectivity index (χ1) is 24.6. The van der Waals surface area contributed by atoms with Gasteiger partial charge < -0.3 is 0 Å². The van der Waals surface area contributed by atoms with Gasteiger partial charge in [0.1, 0.15) is 11.4 Å². The van der Waals surface area contributed by atoms with Gasteiger partial charge >= 0.3 is 0 Å². The molecule has 2 aromatic heterocycles. The Kier molecular flexibility index (Phi) is 8.54. The monoisotopic (exact) mass is 662 g/mol. The van der Waals surface area contributed by atoms with E-state index in [0.29, 0.717) is 18.2 Å². The summed E-state index contributed by atoms with van der Waals surface area (Å²) in [5.74, 6) is 2.35. The summed E-state index contributed by atoms with van der Waals surface area (Å²) < 4.78 is 0. The molecule has 250 valence electrons. The van der Waals surface area contributed by atoms with E-state index in [1.165, 1.54) is 5.56 Å². The number of amides is 1. The van der Waals surface area contributed by atoms with Crippen LogP contribution < -0.4 is 0 Å². The molecule has 0 unspecified atom stereocenters. The largest absolute Gasteiger partial charge is 0.294 e. The highest BCUT2D eigenvalue weighted by Crippen LogP contribution is 2.42. The SMILES string of the molecule is CCC[C@@H](Cc1ccc(-c2ccccc2-c2nn[nH]n2)cc1)C1=NC2(CCCC2)C(=O)N1Cc1ccc(-c2ccccc2-c2nn[nH]n2)cc1. The molecule has 8 rings (SSSR count). The Hall–Kier alpha value is -5.84. The Bertz CT molecular complexity index is 2100. The van der Waals surface area contributed by atoms with Crippen LogP contribution in [0, 0.1) is 5.92 Å². The molecule has 1 aliphatic carbocycles. The smallest absolute Gasteiger partial charge is 0.256 e. The average Bonchev–Trinajstić information content (AvgIpc) is 4.00. The number of carbonyl (C=O) groups excluding carboxylic acids is 1. The van der Waals surface area contributed by atoms with Gasteiger partial charge in [-0.1, -0.05) is 123 Å². The van der Waals surface area contributed by atoms with Crippen LogP contribution in [0.1, 0.15) is 56.6 Å². The molecule has 0 saturated heterocycles. The number of aromatic amines is 2. The van der Waals surface area contributed by atoms with Crippen molar-refractivity contribution in [3.8, 4) is 45.0 Å². The van der Waals surface area contributed by atoms with Crippen LogP contribution in [0.5, 0.6) is 0 Å². The van der Waals surface area contributed by atoms with Crippen LogP contribution in [0.2, 0.25) is 0 Å². The van der Waals surface area contributed by atoms with E-state index in [9.17, 15) is 4.79 Å². The van der Waals surface area contributed by atoms with E-state index in [1.807, 2.05) is 41.3 Å². The Labute approximate surface area is 290 Å². The van der Waals surface area contributed by atoms with E-state index in [0.717, 1.165) is 89.7 Å². The predicted octanol–water partition coefficient (Wildman–Crippen LogP) is 7.09. The van der Waals surface area contributed by atoms with Crippen LogP contribution in [0.15, 0.2) is 102 Å². The number of rotatable bonds is 11. The number of tetrazole rings is 2. The third-order valence-electron chi connectivity index (χ3n) is 10.1. The van der Waals surface area contributed by atoms with Gasteiger partial charge in [0.25, 0.3) is 5.91 Å². The quantitative estimate of drug-likeness (QED) is 0.151. The van der Waals surface area contributed by atoms with Gasteiger partial charge in [-0.3, -0.25) is 14.7 Å². The minimum atomic E-state index is -0.618. The number of carbonyl (C=O) groups is 1. The Balaban J connectivity index is 1.05. The highest BCUT2D eigenvalue weighted by Gasteiger charge is 2.50. The third kappa shape index (κ3) is 5.99. The highest BCUT2D eigenvalue weighted by atomic mass is 16.2. The molecule has 0 bridgehead atoms. The number of amidine groups is 1. The summed E-state index contributed by atoms with van der Waals surface area (Å²) in [5.41, 5.74) is 7.73. The lowest BCUT2D eigenvalue weighted by Gasteiger charge is -2.26. The van der Waals surface area contributed by atoms with Gasteiger partial charge in [-0.2, -0.15) is 10.4 Å². The lowest BCUT2D eigenvalue weighted by molar-refractivity contribution is -0.131. The maximum absolute atomic E-state index is 14.3. The molecular formula is C39H38N10O. The van der Waals surface area contributed by atoms with Gasteiger partial charge in [0.15, 0.2) is 0 Å². The molecule has 2 N–H and O–H groups in total. The molecule has 1 aliphatic heterocycles. The molecular weight excluding hydrogens is 624 g/mol. The Morgan fingerprint density at radius 1 is 0.700 bits per heavy atom. The molecule has 1 fully saturated rings. The van der Waals surface area contributed by atoms with Gasteiger partial charge in [0, 0.05) is 17.0 Å². The molecule has 11 heteroatoms. The van der Waals surface area contributed by atoms with Crippen LogP contribution in [0.4, 0.5) is 0 Å². The fraction of sp³-hybridized carbons (Fsp3) is 0.282. The summed E-state index contributed by atoms with van der Waals surface area (Å²) >= 11 is 0. The van der Waals surface area contributed by atoms with Gasteiger partial charge in [-0.05, 0) is 69.5 Å². The van der Waals surface area contributed by atoms with E-state index in [1.54, 1.807) is 0 Å². The number of aliphatic imine (C=N–C) groups is 1. The van der Waals surface area contributed by atoms with Crippen molar-refractivity contribution in [1.82, 2.24) is 46.1 Å². The van der Waals surface area contributed by atoms with Crippen LogP contribution in [-0.2, 0) is 17.8 Å². The lowest BCUT2D eigenvalue weighted by Crippen LogP contribution is -2.42. The van der Waals surface area contributed by atoms with Gasteiger partial charge in [-0.25, -0.2) is 0 Å². The minimum Gasteiger partial charge on any atom is -0.294 e. The first-order valence-electron chi connectivity index (χ1n) is 17.4. The van der Waals surface area contributed by atoms with Gasteiger partial charge in [0.05, 0.1) is 6.54 Å². The summed E-state index contributed by atoms with van der Waals surface area (Å²) in [6.07, 6.45) is 6.49. The lowest BCUT2D eigenvalue weighted by atomic mass is 9.91.